The molecule has 0 spiro atoms. The molecule has 0 saturated carbocycles. The maximum Gasteiger partial charge on any atom is 0.0718 e. The number of rotatable bonds is 2. The van der Waals surface area contributed by atoms with Crippen molar-refractivity contribution in [3.05, 3.63) is 34.9 Å². The van der Waals surface area contributed by atoms with Gasteiger partial charge in [0.25, 0.3) is 0 Å². The highest BCUT2D eigenvalue weighted by Crippen LogP contribution is 2.36. The maximum atomic E-state index is 10.1. The van der Waals surface area contributed by atoms with E-state index in [0.29, 0.717) is 6.54 Å². The topological polar surface area (TPSA) is 23.5 Å². The molecule has 0 aromatic heterocycles. The summed E-state index contributed by atoms with van der Waals surface area (Å²) in [6, 6.07) is 6.74. The third kappa shape index (κ3) is 2.60. The van der Waals surface area contributed by atoms with Crippen LogP contribution in [-0.2, 0) is 12.0 Å². The normalized spacial score (nSPS) is 19.7. The highest BCUT2D eigenvalue weighted by atomic mass is 16.3. The van der Waals surface area contributed by atoms with E-state index >= 15 is 0 Å². The number of fused-ring (bicyclic) bond motifs is 1. The van der Waals surface area contributed by atoms with Crippen molar-refractivity contribution in [3.63, 3.8) is 0 Å². The van der Waals surface area contributed by atoms with Crippen molar-refractivity contribution in [1.29, 1.82) is 0 Å². The summed E-state index contributed by atoms with van der Waals surface area (Å²) in [5.74, 6) is 0. The van der Waals surface area contributed by atoms with Crippen LogP contribution in [0.3, 0.4) is 0 Å². The molecule has 2 heteroatoms. The Hall–Kier alpha value is -0.860. The van der Waals surface area contributed by atoms with Crippen LogP contribution in [0.2, 0.25) is 0 Å². The van der Waals surface area contributed by atoms with Crippen molar-refractivity contribution in [3.8, 4) is 0 Å². The highest BCUT2D eigenvalue weighted by molar-refractivity contribution is 5.38. The fraction of sp³-hybridized carbons (Fsp3) is 0.625. The molecule has 1 N–H and O–H groups in total. The van der Waals surface area contributed by atoms with Gasteiger partial charge in [0.05, 0.1) is 5.60 Å². The number of nitrogens with zero attached hydrogens (tertiary/aromatic N) is 1. The van der Waals surface area contributed by atoms with Gasteiger partial charge in [0.15, 0.2) is 0 Å². The molecule has 18 heavy (non-hydrogen) atoms. The molecule has 0 fully saturated rings. The van der Waals surface area contributed by atoms with Crippen LogP contribution in [0, 0.1) is 6.92 Å². The standard InChI is InChI=1S/C16H25NO/c1-12-6-7-14-13(10-12)8-9-17(16(14,4)5)11-15(2,3)18/h6-7,10,18H,8-9,11H2,1-5H3. The van der Waals surface area contributed by atoms with Crippen LogP contribution in [-0.4, -0.2) is 28.7 Å². The van der Waals surface area contributed by atoms with Crippen molar-refractivity contribution in [2.45, 2.75) is 52.2 Å². The van der Waals surface area contributed by atoms with Crippen LogP contribution in [0.4, 0.5) is 0 Å². The van der Waals surface area contributed by atoms with Gasteiger partial charge in [-0.25, -0.2) is 0 Å². The van der Waals surface area contributed by atoms with Crippen LogP contribution in [0.25, 0.3) is 0 Å². The van der Waals surface area contributed by atoms with E-state index < -0.39 is 5.60 Å². The summed E-state index contributed by atoms with van der Waals surface area (Å²) in [6.45, 7) is 12.2. The zero-order chi connectivity index (χ0) is 13.6. The average Bonchev–Trinajstić information content (AvgIpc) is 2.20. The summed E-state index contributed by atoms with van der Waals surface area (Å²) < 4.78 is 0. The first-order valence-electron chi connectivity index (χ1n) is 6.77. The molecule has 100 valence electrons. The molecule has 1 heterocycles. The van der Waals surface area contributed by atoms with Crippen LogP contribution in [0.15, 0.2) is 18.2 Å². The Morgan fingerprint density at radius 3 is 2.61 bits per heavy atom. The number of benzene rings is 1. The Morgan fingerprint density at radius 2 is 2.00 bits per heavy atom. The minimum absolute atomic E-state index is 0.00127. The van der Waals surface area contributed by atoms with Crippen molar-refractivity contribution >= 4 is 0 Å². The van der Waals surface area contributed by atoms with Gasteiger partial charge in [-0.05, 0) is 52.2 Å². The third-order valence-electron chi connectivity index (χ3n) is 3.94. The van der Waals surface area contributed by atoms with Crippen molar-refractivity contribution < 1.29 is 5.11 Å². The number of aliphatic hydroxyl groups is 1. The summed E-state index contributed by atoms with van der Waals surface area (Å²) in [7, 11) is 0. The second kappa shape index (κ2) is 4.36. The lowest BCUT2D eigenvalue weighted by Gasteiger charge is -2.46. The van der Waals surface area contributed by atoms with E-state index in [2.05, 4.69) is 43.9 Å². The van der Waals surface area contributed by atoms with Gasteiger partial charge in [0.2, 0.25) is 0 Å². The van der Waals surface area contributed by atoms with Gasteiger partial charge in [-0.2, -0.15) is 0 Å². The van der Waals surface area contributed by atoms with Gasteiger partial charge in [0.1, 0.15) is 0 Å². The molecular weight excluding hydrogens is 222 g/mol. The van der Waals surface area contributed by atoms with Gasteiger partial charge < -0.3 is 5.11 Å². The minimum atomic E-state index is -0.639. The Bertz CT molecular complexity index is 443. The molecule has 0 atom stereocenters. The molecule has 0 bridgehead atoms. The zero-order valence-corrected chi connectivity index (χ0v) is 12.2. The number of aryl methyl sites for hydroxylation is 1. The largest absolute Gasteiger partial charge is 0.389 e. The molecule has 0 radical (unpaired) electrons. The average molecular weight is 247 g/mol. The number of β-amino-alcohol motifs (C(OH)–C–C–N with tert-alkyl or cyclic N) is 1. The first kappa shape index (κ1) is 13.6. The number of hydrogen-bond acceptors (Lipinski definition) is 2. The molecule has 0 amide bonds. The predicted octanol–water partition coefficient (Wildman–Crippen LogP) is 2.86. The third-order valence-corrected chi connectivity index (χ3v) is 3.94. The zero-order valence-electron chi connectivity index (χ0n) is 12.2. The smallest absolute Gasteiger partial charge is 0.0718 e. The van der Waals surface area contributed by atoms with E-state index in [0.717, 1.165) is 13.0 Å². The molecule has 2 rings (SSSR count). The molecular formula is C16H25NO. The van der Waals surface area contributed by atoms with Gasteiger partial charge in [-0.1, -0.05) is 23.8 Å². The first-order chi connectivity index (χ1) is 8.20. The Balaban J connectivity index is 2.34. The Labute approximate surface area is 111 Å². The fourth-order valence-corrected chi connectivity index (χ4v) is 2.98. The van der Waals surface area contributed by atoms with Crippen molar-refractivity contribution in [2.75, 3.05) is 13.1 Å². The van der Waals surface area contributed by atoms with E-state index in [1.807, 2.05) is 13.8 Å². The maximum absolute atomic E-state index is 10.1. The quantitative estimate of drug-likeness (QED) is 0.868. The summed E-state index contributed by atoms with van der Waals surface area (Å²) >= 11 is 0. The molecule has 2 nitrogen and oxygen atoms in total. The molecule has 1 aliphatic heterocycles. The van der Waals surface area contributed by atoms with E-state index in [-0.39, 0.29) is 5.54 Å². The van der Waals surface area contributed by atoms with Crippen molar-refractivity contribution in [1.82, 2.24) is 4.90 Å². The van der Waals surface area contributed by atoms with Gasteiger partial charge in [-0.3, -0.25) is 4.90 Å². The van der Waals surface area contributed by atoms with Gasteiger partial charge in [0, 0.05) is 18.6 Å². The Kier molecular flexibility index (Phi) is 3.28. The monoisotopic (exact) mass is 247 g/mol. The number of hydrogen-bond donors (Lipinski definition) is 1. The second-order valence-corrected chi connectivity index (χ2v) is 6.70. The van der Waals surface area contributed by atoms with Crippen LogP contribution < -0.4 is 0 Å². The van der Waals surface area contributed by atoms with Crippen LogP contribution in [0.5, 0.6) is 0 Å². The van der Waals surface area contributed by atoms with Gasteiger partial charge in [-0.15, -0.1) is 0 Å². The first-order valence-corrected chi connectivity index (χ1v) is 6.77. The minimum Gasteiger partial charge on any atom is -0.389 e. The van der Waals surface area contributed by atoms with E-state index in [1.165, 1.54) is 16.7 Å². The lowest BCUT2D eigenvalue weighted by atomic mass is 9.82. The molecule has 1 aromatic carbocycles. The SMILES string of the molecule is Cc1ccc2c(c1)CCN(CC(C)(C)O)C2(C)C. The second-order valence-electron chi connectivity index (χ2n) is 6.70. The van der Waals surface area contributed by atoms with Crippen LogP contribution in [0.1, 0.15) is 44.4 Å². The lowest BCUT2D eigenvalue weighted by Crippen LogP contribution is -2.51. The molecule has 0 saturated heterocycles. The molecule has 0 aliphatic carbocycles. The molecule has 1 aliphatic rings. The highest BCUT2D eigenvalue weighted by Gasteiger charge is 2.36. The van der Waals surface area contributed by atoms with E-state index in [4.69, 9.17) is 0 Å². The Morgan fingerprint density at radius 1 is 1.33 bits per heavy atom. The summed E-state index contributed by atoms with van der Waals surface area (Å²) in [5, 5.41) is 10.1. The van der Waals surface area contributed by atoms with Gasteiger partial charge >= 0.3 is 0 Å². The van der Waals surface area contributed by atoms with Crippen molar-refractivity contribution in [2.24, 2.45) is 0 Å². The summed E-state index contributed by atoms with van der Waals surface area (Å²) in [6.07, 6.45) is 1.08. The van der Waals surface area contributed by atoms with E-state index in [1.54, 1.807) is 0 Å². The van der Waals surface area contributed by atoms with Crippen LogP contribution >= 0.6 is 0 Å². The predicted molar refractivity (Wildman–Crippen MR) is 75.8 cm³/mol. The fourth-order valence-electron chi connectivity index (χ4n) is 2.98. The summed E-state index contributed by atoms with van der Waals surface area (Å²) in [5.41, 5.74) is 3.57. The molecule has 1 aromatic rings. The van der Waals surface area contributed by atoms with E-state index in [9.17, 15) is 5.11 Å². The lowest BCUT2D eigenvalue weighted by molar-refractivity contribution is -0.00740. The molecule has 0 unspecified atom stereocenters. The summed E-state index contributed by atoms with van der Waals surface area (Å²) in [4.78, 5) is 2.39.